The van der Waals surface area contributed by atoms with Gasteiger partial charge in [-0.15, -0.1) is 0 Å². The van der Waals surface area contributed by atoms with Crippen molar-refractivity contribution in [2.75, 3.05) is 12.3 Å². The number of aromatic nitrogens is 2. The van der Waals surface area contributed by atoms with Crippen LogP contribution < -0.4 is 10.5 Å². The van der Waals surface area contributed by atoms with Crippen molar-refractivity contribution in [2.45, 2.75) is 13.8 Å². The SMILES string of the molecule is CC(C)COc1ncnc(Cl)c1N. The normalized spacial score (nSPS) is 10.5. The number of anilines is 1. The van der Waals surface area contributed by atoms with Gasteiger partial charge in [0.1, 0.15) is 12.0 Å². The number of nitrogen functional groups attached to an aromatic ring is 1. The highest BCUT2D eigenvalue weighted by Gasteiger charge is 2.07. The van der Waals surface area contributed by atoms with Crippen molar-refractivity contribution in [2.24, 2.45) is 5.92 Å². The van der Waals surface area contributed by atoms with E-state index in [0.717, 1.165) is 0 Å². The zero-order valence-corrected chi connectivity index (χ0v) is 8.38. The molecule has 72 valence electrons. The van der Waals surface area contributed by atoms with Crippen LogP contribution in [0.3, 0.4) is 0 Å². The van der Waals surface area contributed by atoms with Gasteiger partial charge in [0.05, 0.1) is 6.61 Å². The number of halogens is 1. The first-order valence-corrected chi connectivity index (χ1v) is 4.37. The molecule has 0 atom stereocenters. The van der Waals surface area contributed by atoms with Gasteiger partial charge in [0.25, 0.3) is 0 Å². The largest absolute Gasteiger partial charge is 0.476 e. The first-order valence-electron chi connectivity index (χ1n) is 4.00. The van der Waals surface area contributed by atoms with E-state index >= 15 is 0 Å². The van der Waals surface area contributed by atoms with E-state index < -0.39 is 0 Å². The molecule has 5 heteroatoms. The maximum Gasteiger partial charge on any atom is 0.241 e. The lowest BCUT2D eigenvalue weighted by Gasteiger charge is -2.09. The molecule has 0 amide bonds. The summed E-state index contributed by atoms with van der Waals surface area (Å²) in [6, 6.07) is 0. The zero-order valence-electron chi connectivity index (χ0n) is 7.62. The van der Waals surface area contributed by atoms with E-state index in [9.17, 15) is 0 Å². The number of hydrogen-bond acceptors (Lipinski definition) is 4. The molecule has 1 heterocycles. The monoisotopic (exact) mass is 201 g/mol. The lowest BCUT2D eigenvalue weighted by molar-refractivity contribution is 0.262. The molecule has 0 bridgehead atoms. The van der Waals surface area contributed by atoms with Crippen LogP contribution in [-0.4, -0.2) is 16.6 Å². The summed E-state index contributed by atoms with van der Waals surface area (Å²) in [5, 5.41) is 0.230. The van der Waals surface area contributed by atoms with Crippen molar-refractivity contribution in [3.8, 4) is 5.88 Å². The molecule has 0 unspecified atom stereocenters. The molecular formula is C8H12ClN3O. The number of nitrogens with two attached hydrogens (primary N) is 1. The maximum absolute atomic E-state index is 5.67. The van der Waals surface area contributed by atoms with Crippen LogP contribution in [0.15, 0.2) is 6.33 Å². The fraction of sp³-hybridized carbons (Fsp3) is 0.500. The van der Waals surface area contributed by atoms with Crippen LogP contribution in [-0.2, 0) is 0 Å². The molecule has 1 aromatic rings. The summed E-state index contributed by atoms with van der Waals surface area (Å²) in [5.74, 6) is 0.779. The Morgan fingerprint density at radius 2 is 2.23 bits per heavy atom. The van der Waals surface area contributed by atoms with Gasteiger partial charge < -0.3 is 10.5 Å². The quantitative estimate of drug-likeness (QED) is 0.757. The van der Waals surface area contributed by atoms with E-state index in [2.05, 4.69) is 9.97 Å². The summed E-state index contributed by atoms with van der Waals surface area (Å²) in [6.07, 6.45) is 1.33. The molecule has 0 spiro atoms. The van der Waals surface area contributed by atoms with E-state index in [1.807, 2.05) is 13.8 Å². The summed E-state index contributed by atoms with van der Waals surface area (Å²) in [5.41, 5.74) is 5.88. The third kappa shape index (κ3) is 2.73. The van der Waals surface area contributed by atoms with E-state index in [4.69, 9.17) is 22.1 Å². The summed E-state index contributed by atoms with van der Waals surface area (Å²) < 4.78 is 5.32. The van der Waals surface area contributed by atoms with Crippen LogP contribution in [0.2, 0.25) is 5.15 Å². The van der Waals surface area contributed by atoms with Crippen molar-refractivity contribution in [3.05, 3.63) is 11.5 Å². The third-order valence-electron chi connectivity index (χ3n) is 1.35. The summed E-state index contributed by atoms with van der Waals surface area (Å²) in [7, 11) is 0. The topological polar surface area (TPSA) is 61.0 Å². The Morgan fingerprint density at radius 1 is 1.54 bits per heavy atom. The highest BCUT2D eigenvalue weighted by atomic mass is 35.5. The number of hydrogen-bond donors (Lipinski definition) is 1. The van der Waals surface area contributed by atoms with Crippen molar-refractivity contribution in [3.63, 3.8) is 0 Å². The van der Waals surface area contributed by atoms with Gasteiger partial charge >= 0.3 is 0 Å². The summed E-state index contributed by atoms with van der Waals surface area (Å²) in [4.78, 5) is 7.58. The molecule has 0 fully saturated rings. The Balaban J connectivity index is 2.71. The predicted octanol–water partition coefficient (Wildman–Crippen LogP) is 1.75. The smallest absolute Gasteiger partial charge is 0.241 e. The molecule has 0 aliphatic rings. The van der Waals surface area contributed by atoms with Crippen molar-refractivity contribution >= 4 is 17.3 Å². The highest BCUT2D eigenvalue weighted by molar-refractivity contribution is 6.32. The van der Waals surface area contributed by atoms with Crippen LogP contribution in [0.25, 0.3) is 0 Å². The fourth-order valence-corrected chi connectivity index (χ4v) is 0.844. The average Bonchev–Trinajstić information content (AvgIpc) is 2.07. The Hall–Kier alpha value is -1.03. The predicted molar refractivity (Wildman–Crippen MR) is 51.8 cm³/mol. The summed E-state index contributed by atoms with van der Waals surface area (Å²) >= 11 is 5.67. The molecule has 1 rings (SSSR count). The Labute approximate surface area is 82.1 Å². The minimum atomic E-state index is 0.230. The molecular weight excluding hydrogens is 190 g/mol. The van der Waals surface area contributed by atoms with Gasteiger partial charge in [0, 0.05) is 0 Å². The Kier molecular flexibility index (Phi) is 3.31. The van der Waals surface area contributed by atoms with Gasteiger partial charge in [-0.2, -0.15) is 4.98 Å². The second-order valence-corrected chi connectivity index (χ2v) is 3.45. The molecule has 1 aromatic heterocycles. The molecule has 2 N–H and O–H groups in total. The average molecular weight is 202 g/mol. The first-order chi connectivity index (χ1) is 6.11. The second kappa shape index (κ2) is 4.28. The molecule has 13 heavy (non-hydrogen) atoms. The van der Waals surface area contributed by atoms with Gasteiger partial charge in [0.15, 0.2) is 5.15 Å². The lowest BCUT2D eigenvalue weighted by atomic mass is 10.2. The molecule has 0 saturated carbocycles. The maximum atomic E-state index is 5.67. The number of nitrogens with zero attached hydrogens (tertiary/aromatic N) is 2. The molecule has 0 saturated heterocycles. The van der Waals surface area contributed by atoms with Crippen LogP contribution >= 0.6 is 11.6 Å². The fourth-order valence-electron chi connectivity index (χ4n) is 0.720. The second-order valence-electron chi connectivity index (χ2n) is 3.09. The van der Waals surface area contributed by atoms with Crippen LogP contribution in [0.4, 0.5) is 5.69 Å². The van der Waals surface area contributed by atoms with Crippen LogP contribution in [0, 0.1) is 5.92 Å². The zero-order chi connectivity index (χ0) is 9.84. The van der Waals surface area contributed by atoms with Crippen molar-refractivity contribution in [1.29, 1.82) is 0 Å². The number of ether oxygens (including phenoxy) is 1. The Morgan fingerprint density at radius 3 is 2.85 bits per heavy atom. The van der Waals surface area contributed by atoms with Crippen LogP contribution in [0.1, 0.15) is 13.8 Å². The van der Waals surface area contributed by atoms with E-state index in [1.165, 1.54) is 6.33 Å². The van der Waals surface area contributed by atoms with Crippen LogP contribution in [0.5, 0.6) is 5.88 Å². The molecule has 0 radical (unpaired) electrons. The molecule has 4 nitrogen and oxygen atoms in total. The number of rotatable bonds is 3. The van der Waals surface area contributed by atoms with Gasteiger partial charge in [0.2, 0.25) is 5.88 Å². The lowest BCUT2D eigenvalue weighted by Crippen LogP contribution is -2.08. The van der Waals surface area contributed by atoms with Gasteiger partial charge in [-0.05, 0) is 5.92 Å². The van der Waals surface area contributed by atoms with E-state index in [0.29, 0.717) is 24.1 Å². The van der Waals surface area contributed by atoms with E-state index in [1.54, 1.807) is 0 Å². The van der Waals surface area contributed by atoms with Crippen molar-refractivity contribution in [1.82, 2.24) is 9.97 Å². The third-order valence-corrected chi connectivity index (χ3v) is 1.65. The van der Waals surface area contributed by atoms with E-state index in [-0.39, 0.29) is 5.15 Å². The van der Waals surface area contributed by atoms with Gasteiger partial charge in [-0.3, -0.25) is 0 Å². The molecule has 0 aliphatic heterocycles. The molecule has 0 aromatic carbocycles. The Bertz CT molecular complexity index is 291. The standard InChI is InChI=1S/C8H12ClN3O/c1-5(2)3-13-8-6(10)7(9)11-4-12-8/h4-5H,3,10H2,1-2H3. The minimum Gasteiger partial charge on any atom is -0.476 e. The highest BCUT2D eigenvalue weighted by Crippen LogP contribution is 2.24. The van der Waals surface area contributed by atoms with Gasteiger partial charge in [-0.25, -0.2) is 4.98 Å². The summed E-state index contributed by atoms with van der Waals surface area (Å²) in [6.45, 7) is 4.65. The minimum absolute atomic E-state index is 0.230. The van der Waals surface area contributed by atoms with Gasteiger partial charge in [-0.1, -0.05) is 25.4 Å². The van der Waals surface area contributed by atoms with Crippen molar-refractivity contribution < 1.29 is 4.74 Å². The first kappa shape index (κ1) is 10.1. The molecule has 0 aliphatic carbocycles.